The fraction of sp³-hybridized carbons (Fsp3) is 0.351. The van der Waals surface area contributed by atoms with E-state index in [1.54, 1.807) is 5.56 Å². The minimum Gasteiger partial charge on any atom is -0.0963 e. The van der Waals surface area contributed by atoms with Gasteiger partial charge in [-0.15, -0.1) is 0 Å². The van der Waals surface area contributed by atoms with E-state index >= 15 is 0 Å². The van der Waals surface area contributed by atoms with E-state index in [9.17, 15) is 0 Å². The third-order valence-electron chi connectivity index (χ3n) is 10.9. The van der Waals surface area contributed by atoms with Gasteiger partial charge in [-0.05, 0) is 115 Å². The molecular formula is C37H35B. The van der Waals surface area contributed by atoms with Gasteiger partial charge in [0.15, 0.2) is 0 Å². The first-order valence-electron chi connectivity index (χ1n) is 14.4. The van der Waals surface area contributed by atoms with Crippen LogP contribution in [-0.4, -0.2) is 7.85 Å². The second-order valence-electron chi connectivity index (χ2n) is 14.0. The Hall–Kier alpha value is -3.06. The van der Waals surface area contributed by atoms with Gasteiger partial charge in [0.05, 0.1) is 0 Å². The number of fused-ring (bicyclic) bond motifs is 9. The molecule has 4 aliphatic carbocycles. The Morgan fingerprint density at radius 2 is 0.895 bits per heavy atom. The molecule has 4 aliphatic rings. The van der Waals surface area contributed by atoms with Crippen molar-refractivity contribution in [1.29, 1.82) is 0 Å². The molecule has 0 spiro atoms. The maximum Gasteiger partial charge on any atom is 0.113 e. The molecule has 0 atom stereocenters. The van der Waals surface area contributed by atoms with Gasteiger partial charge in [-0.1, -0.05) is 89.8 Å². The van der Waals surface area contributed by atoms with E-state index < -0.39 is 0 Å². The summed E-state index contributed by atoms with van der Waals surface area (Å²) < 4.78 is 0. The van der Waals surface area contributed by atoms with Gasteiger partial charge in [-0.25, -0.2) is 0 Å². The smallest absolute Gasteiger partial charge is 0.0963 e. The molecule has 0 bridgehead atoms. The molecule has 0 saturated heterocycles. The second kappa shape index (κ2) is 6.92. The average molecular weight is 490 g/mol. The Morgan fingerprint density at radius 3 is 1.34 bits per heavy atom. The van der Waals surface area contributed by atoms with E-state index in [1.165, 1.54) is 86.0 Å². The molecule has 4 aromatic carbocycles. The predicted molar refractivity (Wildman–Crippen MR) is 161 cm³/mol. The van der Waals surface area contributed by atoms with E-state index in [2.05, 4.69) is 102 Å². The lowest BCUT2D eigenvalue weighted by Crippen LogP contribution is -2.18. The summed E-state index contributed by atoms with van der Waals surface area (Å²) >= 11 is 0. The van der Waals surface area contributed by atoms with Crippen molar-refractivity contribution in [2.24, 2.45) is 0 Å². The van der Waals surface area contributed by atoms with E-state index in [1.807, 2.05) is 0 Å². The van der Waals surface area contributed by atoms with Crippen molar-refractivity contribution in [2.45, 2.75) is 83.0 Å². The Bertz CT molecular complexity index is 1720. The highest BCUT2D eigenvalue weighted by Crippen LogP contribution is 2.59. The van der Waals surface area contributed by atoms with Gasteiger partial charge in [0.1, 0.15) is 7.85 Å². The summed E-state index contributed by atoms with van der Waals surface area (Å²) in [5, 5.41) is 0. The highest BCUT2D eigenvalue weighted by Gasteiger charge is 2.44. The van der Waals surface area contributed by atoms with Gasteiger partial charge in [-0.2, -0.15) is 0 Å². The molecule has 38 heavy (non-hydrogen) atoms. The molecule has 0 N–H and O–H groups in total. The molecule has 0 amide bonds. The van der Waals surface area contributed by atoms with Gasteiger partial charge in [0.2, 0.25) is 0 Å². The first kappa shape index (κ1) is 22.9. The maximum atomic E-state index is 6.24. The van der Waals surface area contributed by atoms with E-state index in [-0.39, 0.29) is 16.2 Å². The molecule has 0 heterocycles. The Morgan fingerprint density at radius 1 is 0.500 bits per heavy atom. The zero-order valence-electron chi connectivity index (χ0n) is 23.5. The first-order valence-corrected chi connectivity index (χ1v) is 14.4. The standard InChI is InChI=1S/C37H35B/c1-35(2)29-14-21(20-8-7-9-20)10-12-23(29)25-16-33-27(18-31(25)35)28-19-32-26(17-34(28)37(33,5)6)24-13-11-22(38)15-30(24)36(32,3)4/h10-20H,7-9H2,1-6H3. The molecule has 2 radical (unpaired) electrons. The minimum atomic E-state index is -0.0634. The summed E-state index contributed by atoms with van der Waals surface area (Å²) in [6.45, 7) is 14.4. The zero-order chi connectivity index (χ0) is 26.4. The van der Waals surface area contributed by atoms with Crippen LogP contribution < -0.4 is 5.46 Å². The fourth-order valence-corrected chi connectivity index (χ4v) is 8.22. The molecule has 186 valence electrons. The van der Waals surface area contributed by atoms with E-state index in [0.29, 0.717) is 0 Å². The van der Waals surface area contributed by atoms with Crippen molar-refractivity contribution >= 4 is 13.3 Å². The number of rotatable bonds is 1. The molecule has 1 heteroatoms. The molecule has 0 unspecified atom stereocenters. The van der Waals surface area contributed by atoms with Crippen LogP contribution in [0.1, 0.15) is 106 Å². The number of hydrogen-bond acceptors (Lipinski definition) is 0. The van der Waals surface area contributed by atoms with Crippen LogP contribution in [0.4, 0.5) is 0 Å². The maximum absolute atomic E-state index is 6.24. The highest BCUT2D eigenvalue weighted by atomic mass is 14.5. The summed E-state index contributed by atoms with van der Waals surface area (Å²) in [4.78, 5) is 0. The summed E-state index contributed by atoms with van der Waals surface area (Å²) in [5.41, 5.74) is 19.4. The van der Waals surface area contributed by atoms with Crippen molar-refractivity contribution < 1.29 is 0 Å². The summed E-state index contributed by atoms with van der Waals surface area (Å²) in [5.74, 6) is 0.764. The quantitative estimate of drug-likeness (QED) is 0.234. The molecule has 0 nitrogen and oxygen atoms in total. The third kappa shape index (κ3) is 2.64. The van der Waals surface area contributed by atoms with Crippen LogP contribution in [0, 0.1) is 0 Å². The van der Waals surface area contributed by atoms with Crippen LogP contribution in [0.15, 0.2) is 60.7 Å². The molecular weight excluding hydrogens is 455 g/mol. The zero-order valence-corrected chi connectivity index (χ0v) is 23.5. The molecule has 8 rings (SSSR count). The van der Waals surface area contributed by atoms with Gasteiger partial charge in [-0.3, -0.25) is 0 Å². The van der Waals surface area contributed by atoms with E-state index in [4.69, 9.17) is 7.85 Å². The lowest BCUT2D eigenvalue weighted by atomic mass is 9.76. The van der Waals surface area contributed by atoms with Crippen molar-refractivity contribution in [3.8, 4) is 33.4 Å². The minimum absolute atomic E-state index is 0.0100. The van der Waals surface area contributed by atoms with Crippen molar-refractivity contribution in [3.05, 3.63) is 99.6 Å². The van der Waals surface area contributed by atoms with Gasteiger partial charge >= 0.3 is 0 Å². The summed E-state index contributed by atoms with van der Waals surface area (Å²) in [7, 11) is 6.24. The third-order valence-corrected chi connectivity index (χ3v) is 10.9. The highest BCUT2D eigenvalue weighted by molar-refractivity contribution is 6.32. The molecule has 1 fully saturated rings. The van der Waals surface area contributed by atoms with Crippen LogP contribution in [0.5, 0.6) is 0 Å². The predicted octanol–water partition coefficient (Wildman–Crippen LogP) is 8.67. The monoisotopic (exact) mass is 490 g/mol. The normalized spacial score (nSPS) is 20.2. The Labute approximate surface area is 228 Å². The molecule has 4 aromatic rings. The molecule has 0 aliphatic heterocycles. The number of hydrogen-bond donors (Lipinski definition) is 0. The number of benzene rings is 4. The second-order valence-corrected chi connectivity index (χ2v) is 14.0. The SMILES string of the molecule is [B]c1ccc2c(c1)C(C)(C)c1cc3c(cc1-2)C(C)(C)c1cc2c(cc1-3)C(C)(C)c1cc(C3CCC3)ccc1-2. The van der Waals surface area contributed by atoms with Gasteiger partial charge < -0.3 is 0 Å². The first-order chi connectivity index (χ1) is 18.0. The Kier molecular flexibility index (Phi) is 4.17. The van der Waals surface area contributed by atoms with Gasteiger partial charge in [0.25, 0.3) is 0 Å². The fourth-order valence-electron chi connectivity index (χ4n) is 8.22. The van der Waals surface area contributed by atoms with Crippen molar-refractivity contribution in [2.75, 3.05) is 0 Å². The van der Waals surface area contributed by atoms with Crippen LogP contribution in [-0.2, 0) is 16.2 Å². The van der Waals surface area contributed by atoms with Crippen LogP contribution in [0.2, 0.25) is 0 Å². The summed E-state index contributed by atoms with van der Waals surface area (Å²) in [6, 6.07) is 24.0. The Balaban J connectivity index is 1.33. The largest absolute Gasteiger partial charge is 0.113 e. The topological polar surface area (TPSA) is 0 Å². The lowest BCUT2D eigenvalue weighted by Gasteiger charge is -2.28. The molecule has 1 saturated carbocycles. The van der Waals surface area contributed by atoms with Crippen molar-refractivity contribution in [1.82, 2.24) is 0 Å². The van der Waals surface area contributed by atoms with Crippen molar-refractivity contribution in [3.63, 3.8) is 0 Å². The van der Waals surface area contributed by atoms with E-state index in [0.717, 1.165) is 11.4 Å². The van der Waals surface area contributed by atoms with Crippen LogP contribution in [0.3, 0.4) is 0 Å². The molecule has 0 aromatic heterocycles. The van der Waals surface area contributed by atoms with Crippen LogP contribution in [0.25, 0.3) is 33.4 Å². The van der Waals surface area contributed by atoms with Gasteiger partial charge in [0, 0.05) is 16.2 Å². The lowest BCUT2D eigenvalue weighted by molar-refractivity contribution is 0.419. The summed E-state index contributed by atoms with van der Waals surface area (Å²) in [6.07, 6.45) is 4.08. The average Bonchev–Trinajstić information content (AvgIpc) is 3.30. The van der Waals surface area contributed by atoms with Crippen LogP contribution >= 0.6 is 0 Å².